The lowest BCUT2D eigenvalue weighted by molar-refractivity contribution is 1.07. The summed E-state index contributed by atoms with van der Waals surface area (Å²) in [5, 5.41) is 7.52. The summed E-state index contributed by atoms with van der Waals surface area (Å²) in [6, 6.07) is 50.8. The summed E-state index contributed by atoms with van der Waals surface area (Å²) >= 11 is 3.68. The van der Waals surface area contributed by atoms with Crippen molar-refractivity contribution in [3.63, 3.8) is 0 Å². The van der Waals surface area contributed by atoms with Crippen molar-refractivity contribution in [3.05, 3.63) is 152 Å². The maximum Gasteiger partial charge on any atom is 0.164 e. The lowest BCUT2D eigenvalue weighted by Crippen LogP contribution is -2.01. The normalized spacial score (nSPS) is 11.9. The van der Waals surface area contributed by atoms with Crippen LogP contribution >= 0.6 is 22.7 Å². The number of pyridine rings is 1. The SMILES string of the molecule is c1ccc(-c2nc(-c3ccccc3)nc(-c3cccc(-n4c5ccccc5c5c6c7cccnc7sc6c6sc7ccccc7c6c54)c3)n2)cc1. The van der Waals surface area contributed by atoms with Crippen molar-refractivity contribution in [1.82, 2.24) is 24.5 Å². The van der Waals surface area contributed by atoms with Gasteiger partial charge in [0, 0.05) is 65.6 Å². The Kier molecular flexibility index (Phi) is 6.22. The molecule has 0 fully saturated rings. The number of fused-ring (bicyclic) bond motifs is 12. The zero-order valence-corrected chi connectivity index (χ0v) is 28.6. The van der Waals surface area contributed by atoms with Crippen LogP contribution in [0.2, 0.25) is 0 Å². The molecule has 0 aliphatic carbocycles. The minimum Gasteiger partial charge on any atom is -0.309 e. The molecule has 51 heavy (non-hydrogen) atoms. The van der Waals surface area contributed by atoms with Crippen molar-refractivity contribution < 1.29 is 0 Å². The molecule has 0 aliphatic rings. The Bertz CT molecular complexity index is 3080. The van der Waals surface area contributed by atoms with Gasteiger partial charge in [-0.15, -0.1) is 22.7 Å². The first-order valence-corrected chi connectivity index (χ1v) is 18.4. The molecule has 5 nitrogen and oxygen atoms in total. The molecule has 0 amide bonds. The fourth-order valence-electron chi connectivity index (χ4n) is 7.50. The van der Waals surface area contributed by atoms with Gasteiger partial charge in [0.05, 0.1) is 20.4 Å². The Morgan fingerprint density at radius 1 is 0.451 bits per heavy atom. The molecule has 0 N–H and O–H groups in total. The van der Waals surface area contributed by atoms with E-state index >= 15 is 0 Å². The van der Waals surface area contributed by atoms with Crippen LogP contribution in [0.3, 0.4) is 0 Å². The molecule has 0 radical (unpaired) electrons. The molecule has 0 unspecified atom stereocenters. The minimum absolute atomic E-state index is 0.633. The highest BCUT2D eigenvalue weighted by Gasteiger charge is 2.25. The molecule has 11 aromatic rings. The van der Waals surface area contributed by atoms with Crippen LogP contribution < -0.4 is 0 Å². The van der Waals surface area contributed by atoms with Crippen LogP contribution in [0.1, 0.15) is 0 Å². The molecule has 0 atom stereocenters. The van der Waals surface area contributed by atoms with Crippen molar-refractivity contribution in [1.29, 1.82) is 0 Å². The highest BCUT2D eigenvalue weighted by Crippen LogP contribution is 2.51. The number of thiophene rings is 2. The first-order valence-electron chi connectivity index (χ1n) is 16.8. The van der Waals surface area contributed by atoms with Gasteiger partial charge in [-0.1, -0.05) is 109 Å². The van der Waals surface area contributed by atoms with E-state index in [0.717, 1.165) is 32.7 Å². The van der Waals surface area contributed by atoms with Crippen LogP contribution in [-0.2, 0) is 0 Å². The van der Waals surface area contributed by atoms with E-state index in [9.17, 15) is 0 Å². The molecule has 0 saturated carbocycles. The first-order chi connectivity index (χ1) is 25.3. The van der Waals surface area contributed by atoms with Gasteiger partial charge in [-0.2, -0.15) is 0 Å². The Balaban J connectivity index is 1.24. The van der Waals surface area contributed by atoms with Crippen LogP contribution in [0.4, 0.5) is 0 Å². The first kappa shape index (κ1) is 28.5. The van der Waals surface area contributed by atoms with Crippen LogP contribution in [0.15, 0.2) is 152 Å². The summed E-state index contributed by atoms with van der Waals surface area (Å²) in [6.45, 7) is 0. The van der Waals surface area contributed by atoms with Gasteiger partial charge in [-0.25, -0.2) is 19.9 Å². The zero-order chi connectivity index (χ0) is 33.5. The van der Waals surface area contributed by atoms with E-state index in [1.807, 2.05) is 78.2 Å². The Hall–Kier alpha value is -6.28. The summed E-state index contributed by atoms with van der Waals surface area (Å²) in [4.78, 5) is 20.9. The van der Waals surface area contributed by atoms with E-state index in [0.29, 0.717) is 17.5 Å². The van der Waals surface area contributed by atoms with E-state index in [1.54, 1.807) is 11.3 Å². The van der Waals surface area contributed by atoms with E-state index in [2.05, 4.69) is 89.5 Å². The van der Waals surface area contributed by atoms with E-state index < -0.39 is 0 Å². The molecule has 7 heteroatoms. The lowest BCUT2D eigenvalue weighted by atomic mass is 10.0. The number of hydrogen-bond acceptors (Lipinski definition) is 6. The highest BCUT2D eigenvalue weighted by molar-refractivity contribution is 7.33. The monoisotopic (exact) mass is 687 g/mol. The summed E-state index contributed by atoms with van der Waals surface area (Å²) in [5.41, 5.74) is 6.24. The van der Waals surface area contributed by atoms with Gasteiger partial charge in [-0.05, 0) is 36.4 Å². The third kappa shape index (κ3) is 4.32. The Labute approximate surface area is 299 Å². The van der Waals surface area contributed by atoms with Gasteiger partial charge in [0.1, 0.15) is 4.83 Å². The standard InChI is InChI=1S/C44H25N5S2/c1-3-13-26(14-4-1)41-46-42(27-15-5-2-6-16-27)48-43(47-41)28-17-11-18-29(25-28)49-33-22-9-7-19-30(33)35-36-32-21-12-24-45-44(32)51-39(36)40-37(38(35)49)31-20-8-10-23-34(31)50-40/h1-25H. The molecule has 6 aromatic carbocycles. The molecule has 5 heterocycles. The van der Waals surface area contributed by atoms with E-state index in [4.69, 9.17) is 19.9 Å². The molecule has 238 valence electrons. The average Bonchev–Trinajstić information content (AvgIpc) is 3.88. The maximum absolute atomic E-state index is 5.06. The molecule has 0 bridgehead atoms. The number of benzene rings is 6. The molecule has 0 saturated heterocycles. The highest BCUT2D eigenvalue weighted by atomic mass is 32.1. The summed E-state index contributed by atoms with van der Waals surface area (Å²) in [5.74, 6) is 1.93. The number of hydrogen-bond donors (Lipinski definition) is 0. The quantitative estimate of drug-likeness (QED) is 0.185. The van der Waals surface area contributed by atoms with Gasteiger partial charge >= 0.3 is 0 Å². The van der Waals surface area contributed by atoms with Crippen molar-refractivity contribution in [2.75, 3.05) is 0 Å². The van der Waals surface area contributed by atoms with Gasteiger partial charge in [0.15, 0.2) is 17.5 Å². The fourth-order valence-corrected chi connectivity index (χ4v) is 10.00. The Morgan fingerprint density at radius 3 is 1.82 bits per heavy atom. The van der Waals surface area contributed by atoms with Crippen LogP contribution in [0.25, 0.3) is 102 Å². The summed E-state index contributed by atoms with van der Waals surface area (Å²) in [7, 11) is 0. The van der Waals surface area contributed by atoms with Crippen LogP contribution in [-0.4, -0.2) is 24.5 Å². The molecule has 0 spiro atoms. The summed E-state index contributed by atoms with van der Waals surface area (Å²) < 4.78 is 6.34. The number of rotatable bonds is 4. The number of nitrogens with zero attached hydrogens (tertiary/aromatic N) is 5. The topological polar surface area (TPSA) is 56.5 Å². The molecular formula is C44H25N5S2. The Morgan fingerprint density at radius 2 is 1.06 bits per heavy atom. The zero-order valence-electron chi connectivity index (χ0n) is 27.0. The lowest BCUT2D eigenvalue weighted by Gasteiger charge is -2.12. The van der Waals surface area contributed by atoms with Crippen molar-refractivity contribution in [2.24, 2.45) is 0 Å². The average molecular weight is 688 g/mol. The number of aromatic nitrogens is 5. The number of para-hydroxylation sites is 1. The van der Waals surface area contributed by atoms with Gasteiger partial charge < -0.3 is 4.57 Å². The molecule has 11 rings (SSSR count). The fraction of sp³-hybridized carbons (Fsp3) is 0. The predicted molar refractivity (Wildman–Crippen MR) is 214 cm³/mol. The maximum atomic E-state index is 5.06. The molecule has 5 aromatic heterocycles. The van der Waals surface area contributed by atoms with Crippen LogP contribution in [0.5, 0.6) is 0 Å². The second-order valence-corrected chi connectivity index (χ2v) is 14.7. The molecular weight excluding hydrogens is 663 g/mol. The minimum atomic E-state index is 0.633. The van der Waals surface area contributed by atoms with Crippen LogP contribution in [0, 0.1) is 0 Å². The smallest absolute Gasteiger partial charge is 0.164 e. The second-order valence-electron chi connectivity index (χ2n) is 12.6. The third-order valence-electron chi connectivity index (χ3n) is 9.69. The third-order valence-corrected chi connectivity index (χ3v) is 12.1. The van der Waals surface area contributed by atoms with E-state index in [1.165, 1.54) is 51.9 Å². The largest absolute Gasteiger partial charge is 0.309 e. The molecule has 0 aliphatic heterocycles. The second kappa shape index (κ2) is 11.1. The van der Waals surface area contributed by atoms with Crippen molar-refractivity contribution in [2.45, 2.75) is 0 Å². The van der Waals surface area contributed by atoms with Gasteiger partial charge in [0.2, 0.25) is 0 Å². The summed E-state index contributed by atoms with van der Waals surface area (Å²) in [6.07, 6.45) is 1.90. The van der Waals surface area contributed by atoms with Gasteiger partial charge in [-0.3, -0.25) is 0 Å². The van der Waals surface area contributed by atoms with Crippen molar-refractivity contribution in [3.8, 4) is 39.9 Å². The predicted octanol–water partition coefficient (Wildman–Crippen LogP) is 12.1. The van der Waals surface area contributed by atoms with E-state index in [-0.39, 0.29) is 0 Å². The van der Waals surface area contributed by atoms with Crippen molar-refractivity contribution >= 4 is 85.0 Å². The van der Waals surface area contributed by atoms with Gasteiger partial charge in [0.25, 0.3) is 0 Å².